The van der Waals surface area contributed by atoms with Crippen LogP contribution in [0.5, 0.6) is 5.75 Å². The summed E-state index contributed by atoms with van der Waals surface area (Å²) in [6.07, 6.45) is 0.872. The third-order valence-corrected chi connectivity index (χ3v) is 4.85. The molecular weight excluding hydrogens is 473 g/mol. The second-order valence-corrected chi connectivity index (χ2v) is 7.04. The van der Waals surface area contributed by atoms with E-state index in [4.69, 9.17) is 4.74 Å². The van der Waals surface area contributed by atoms with Gasteiger partial charge in [-0.1, -0.05) is 17.7 Å². The molecule has 2 aromatic rings. The lowest BCUT2D eigenvalue weighted by Gasteiger charge is -2.13. The van der Waals surface area contributed by atoms with E-state index in [0.29, 0.717) is 6.54 Å². The smallest absolute Gasteiger partial charge is 0.191 e. The highest BCUT2D eigenvalue weighted by molar-refractivity contribution is 14.0. The van der Waals surface area contributed by atoms with Crippen molar-refractivity contribution in [1.82, 2.24) is 15.6 Å². The monoisotopic (exact) mass is 503 g/mol. The van der Waals surface area contributed by atoms with Crippen LogP contribution in [-0.2, 0) is 13.0 Å². The third-order valence-electron chi connectivity index (χ3n) is 3.79. The fourth-order valence-corrected chi connectivity index (χ4v) is 3.24. The highest BCUT2D eigenvalue weighted by Crippen LogP contribution is 2.20. The maximum atomic E-state index is 5.45. The molecule has 0 radical (unpaired) electrons. The normalized spacial score (nSPS) is 10.9. The largest absolute Gasteiger partial charge is 0.496 e. The molecule has 0 spiro atoms. The van der Waals surface area contributed by atoms with E-state index in [1.54, 1.807) is 18.4 Å². The van der Waals surface area contributed by atoms with Gasteiger partial charge in [-0.05, 0) is 31.9 Å². The lowest BCUT2D eigenvalue weighted by molar-refractivity contribution is 0.409. The van der Waals surface area contributed by atoms with E-state index in [0.717, 1.165) is 42.0 Å². The first-order valence-corrected chi connectivity index (χ1v) is 9.68. The van der Waals surface area contributed by atoms with Crippen LogP contribution in [0.2, 0.25) is 0 Å². The minimum absolute atomic E-state index is 0. The number of benzene rings is 1. The molecule has 0 aliphatic rings. The average molecular weight is 503 g/mol. The molecule has 0 saturated carbocycles. The summed E-state index contributed by atoms with van der Waals surface area (Å²) < 4.78 is 5.45. The van der Waals surface area contributed by atoms with Crippen molar-refractivity contribution < 1.29 is 4.74 Å². The Morgan fingerprint density at radius 3 is 2.70 bits per heavy atom. The van der Waals surface area contributed by atoms with Crippen LogP contribution in [0.1, 0.15) is 23.7 Å². The van der Waals surface area contributed by atoms with Gasteiger partial charge in [0.15, 0.2) is 11.1 Å². The molecule has 6 nitrogen and oxygen atoms in total. The highest BCUT2D eigenvalue weighted by Gasteiger charge is 2.06. The van der Waals surface area contributed by atoms with Gasteiger partial charge in [0.2, 0.25) is 0 Å². The van der Waals surface area contributed by atoms with Gasteiger partial charge in [0, 0.05) is 32.6 Å². The molecule has 0 aliphatic heterocycles. The number of guanidine groups is 1. The van der Waals surface area contributed by atoms with Crippen LogP contribution >= 0.6 is 35.3 Å². The van der Waals surface area contributed by atoms with Gasteiger partial charge in [-0.3, -0.25) is 0 Å². The molecule has 150 valence electrons. The maximum absolute atomic E-state index is 5.45. The third kappa shape index (κ3) is 7.53. The van der Waals surface area contributed by atoms with Gasteiger partial charge in [0.1, 0.15) is 5.75 Å². The Kier molecular flexibility index (Phi) is 10.5. The van der Waals surface area contributed by atoms with Crippen LogP contribution in [0, 0.1) is 6.92 Å². The molecular formula is C19H30IN5OS. The van der Waals surface area contributed by atoms with Crippen LogP contribution < -0.4 is 20.3 Å². The van der Waals surface area contributed by atoms with Crippen molar-refractivity contribution in [3.8, 4) is 5.75 Å². The molecule has 1 aromatic carbocycles. The van der Waals surface area contributed by atoms with E-state index in [2.05, 4.69) is 52.0 Å². The number of nitrogens with one attached hydrogen (secondary N) is 2. The van der Waals surface area contributed by atoms with Crippen LogP contribution in [0.15, 0.2) is 28.6 Å². The quantitative estimate of drug-likeness (QED) is 0.329. The summed E-state index contributed by atoms with van der Waals surface area (Å²) in [5, 5.41) is 9.73. The summed E-state index contributed by atoms with van der Waals surface area (Å²) in [5.41, 5.74) is 3.42. The molecule has 2 N–H and O–H groups in total. The van der Waals surface area contributed by atoms with Gasteiger partial charge >= 0.3 is 0 Å². The summed E-state index contributed by atoms with van der Waals surface area (Å²) in [6.45, 7) is 6.32. The highest BCUT2D eigenvalue weighted by atomic mass is 127. The van der Waals surface area contributed by atoms with Crippen molar-refractivity contribution >= 4 is 46.4 Å². The first-order valence-electron chi connectivity index (χ1n) is 8.81. The molecule has 1 aromatic heterocycles. The van der Waals surface area contributed by atoms with Gasteiger partial charge in [0.25, 0.3) is 0 Å². The number of thiazole rings is 1. The number of nitrogens with zero attached hydrogens (tertiary/aromatic N) is 3. The van der Waals surface area contributed by atoms with Crippen LogP contribution in [0.25, 0.3) is 0 Å². The van der Waals surface area contributed by atoms with Gasteiger partial charge in [-0.15, -0.1) is 35.3 Å². The molecule has 27 heavy (non-hydrogen) atoms. The zero-order chi connectivity index (χ0) is 18.9. The standard InChI is InChI=1S/C19H29N5OS.HI/c1-6-20-18(22-12-16-13-26-19(23-16)24(3)4)21-10-9-15-11-14(2)7-8-17(15)25-5;/h7-8,11,13H,6,9-10,12H2,1-5H3,(H2,20,21,22);1H. The Hall–Kier alpha value is -1.55. The second kappa shape index (κ2) is 12.0. The maximum Gasteiger partial charge on any atom is 0.191 e. The first kappa shape index (κ1) is 23.5. The van der Waals surface area contributed by atoms with Crippen LogP contribution in [0.3, 0.4) is 0 Å². The summed E-state index contributed by atoms with van der Waals surface area (Å²) in [5.74, 6) is 1.73. The molecule has 0 aliphatic carbocycles. The minimum atomic E-state index is 0. The number of anilines is 1. The van der Waals surface area contributed by atoms with E-state index >= 15 is 0 Å². The Labute approximate surface area is 183 Å². The molecule has 8 heteroatoms. The van der Waals surface area contributed by atoms with E-state index in [1.807, 2.05) is 25.1 Å². The Balaban J connectivity index is 0.00000364. The topological polar surface area (TPSA) is 61.8 Å². The van der Waals surface area contributed by atoms with Crippen molar-refractivity contribution in [2.45, 2.75) is 26.8 Å². The van der Waals surface area contributed by atoms with E-state index in [1.165, 1.54) is 11.1 Å². The molecule has 0 saturated heterocycles. The molecule has 2 rings (SSSR count). The number of rotatable bonds is 8. The Morgan fingerprint density at radius 1 is 1.30 bits per heavy atom. The lowest BCUT2D eigenvalue weighted by atomic mass is 10.1. The Bertz CT molecular complexity index is 733. The van der Waals surface area contributed by atoms with Gasteiger partial charge in [0.05, 0.1) is 19.3 Å². The van der Waals surface area contributed by atoms with E-state index in [-0.39, 0.29) is 24.0 Å². The van der Waals surface area contributed by atoms with Crippen molar-refractivity contribution in [3.05, 3.63) is 40.4 Å². The molecule has 1 heterocycles. The number of halogens is 1. The molecule has 0 unspecified atom stereocenters. The van der Waals surface area contributed by atoms with Crippen molar-refractivity contribution in [2.75, 3.05) is 39.2 Å². The molecule has 0 atom stereocenters. The number of aromatic nitrogens is 1. The average Bonchev–Trinajstić information content (AvgIpc) is 3.09. The number of ether oxygens (including phenoxy) is 1. The number of methoxy groups -OCH3 is 1. The minimum Gasteiger partial charge on any atom is -0.496 e. The van der Waals surface area contributed by atoms with E-state index < -0.39 is 0 Å². The molecule has 0 amide bonds. The number of hydrogen-bond acceptors (Lipinski definition) is 5. The van der Waals surface area contributed by atoms with Crippen molar-refractivity contribution in [1.29, 1.82) is 0 Å². The second-order valence-electron chi connectivity index (χ2n) is 6.20. The van der Waals surface area contributed by atoms with Gasteiger partial charge < -0.3 is 20.3 Å². The zero-order valence-electron chi connectivity index (χ0n) is 16.7. The summed E-state index contributed by atoms with van der Waals surface area (Å²) >= 11 is 1.63. The number of aliphatic imine (C=N–C) groups is 1. The SMILES string of the molecule is CCNC(=NCc1csc(N(C)C)n1)NCCc1cc(C)ccc1OC.I. The van der Waals surface area contributed by atoms with Crippen LogP contribution in [0.4, 0.5) is 5.13 Å². The Morgan fingerprint density at radius 2 is 2.07 bits per heavy atom. The number of hydrogen-bond donors (Lipinski definition) is 2. The van der Waals surface area contributed by atoms with E-state index in [9.17, 15) is 0 Å². The summed E-state index contributed by atoms with van der Waals surface area (Å²) in [7, 11) is 5.71. The fourth-order valence-electron chi connectivity index (χ4n) is 2.49. The predicted octanol–water partition coefficient (Wildman–Crippen LogP) is 3.44. The van der Waals surface area contributed by atoms with Gasteiger partial charge in [-0.2, -0.15) is 0 Å². The fraction of sp³-hybridized carbons (Fsp3) is 0.474. The zero-order valence-corrected chi connectivity index (χ0v) is 19.9. The lowest BCUT2D eigenvalue weighted by Crippen LogP contribution is -2.38. The van der Waals surface area contributed by atoms with Crippen molar-refractivity contribution in [2.24, 2.45) is 4.99 Å². The predicted molar refractivity (Wildman–Crippen MR) is 126 cm³/mol. The van der Waals surface area contributed by atoms with Gasteiger partial charge in [-0.25, -0.2) is 9.98 Å². The van der Waals surface area contributed by atoms with Crippen molar-refractivity contribution in [3.63, 3.8) is 0 Å². The summed E-state index contributed by atoms with van der Waals surface area (Å²) in [6, 6.07) is 6.26. The first-order chi connectivity index (χ1) is 12.5. The molecule has 0 fully saturated rings. The van der Waals surface area contributed by atoms with Crippen LogP contribution in [-0.4, -0.2) is 45.2 Å². The molecule has 0 bridgehead atoms. The number of aryl methyl sites for hydroxylation is 1. The summed E-state index contributed by atoms with van der Waals surface area (Å²) in [4.78, 5) is 11.2.